The van der Waals surface area contributed by atoms with Crippen molar-refractivity contribution in [3.63, 3.8) is 0 Å². The molecule has 4 aliphatic heterocycles. The fourth-order valence-electron chi connectivity index (χ4n) is 13.3. The molecule has 0 N–H and O–H groups in total. The van der Waals surface area contributed by atoms with Crippen LogP contribution in [0.15, 0.2) is 206 Å². The minimum atomic E-state index is -0.719. The van der Waals surface area contributed by atoms with Gasteiger partial charge in [0.2, 0.25) is 0 Å². The van der Waals surface area contributed by atoms with Crippen LogP contribution in [0.25, 0.3) is 65.3 Å². The van der Waals surface area contributed by atoms with Gasteiger partial charge < -0.3 is 37.9 Å². The summed E-state index contributed by atoms with van der Waals surface area (Å²) in [6.07, 6.45) is 0.612. The summed E-state index contributed by atoms with van der Waals surface area (Å²) in [7, 11) is 0. The van der Waals surface area contributed by atoms with Crippen LogP contribution in [0.4, 0.5) is 0 Å². The number of hydrogen-bond donors (Lipinski definition) is 0. The second-order valence-corrected chi connectivity index (χ2v) is 22.5. The van der Waals surface area contributed by atoms with Crippen molar-refractivity contribution in [3.05, 3.63) is 251 Å². The summed E-state index contributed by atoms with van der Waals surface area (Å²) in [5, 5.41) is 9.09. The second-order valence-electron chi connectivity index (χ2n) is 22.5. The summed E-state index contributed by atoms with van der Waals surface area (Å²) in [6, 6.07) is 77.5. The molecule has 4 saturated heterocycles. The lowest BCUT2D eigenvalue weighted by atomic mass is 9.65. The zero-order valence-corrected chi connectivity index (χ0v) is 43.9. The number of rotatable bonds is 15. The average molecular weight is 1050 g/mol. The molecule has 4 heterocycles. The van der Waals surface area contributed by atoms with E-state index in [2.05, 4.69) is 206 Å². The van der Waals surface area contributed by atoms with Gasteiger partial charge in [0.15, 0.2) is 0 Å². The van der Waals surface area contributed by atoms with Crippen LogP contribution in [0.3, 0.4) is 0 Å². The molecule has 8 nitrogen and oxygen atoms in total. The number of epoxide rings is 3. The monoisotopic (exact) mass is 1050 g/mol. The fraction of sp³-hybridized carbons (Fsp3) is 0.194. The van der Waals surface area contributed by atoms with Gasteiger partial charge in [-0.3, -0.25) is 0 Å². The Bertz CT molecular complexity index is 4240. The first-order valence-corrected chi connectivity index (χ1v) is 28.0. The maximum absolute atomic E-state index is 6.33. The van der Waals surface area contributed by atoms with E-state index in [1.807, 2.05) is 0 Å². The van der Waals surface area contributed by atoms with Gasteiger partial charge in [-0.25, -0.2) is 0 Å². The highest BCUT2D eigenvalue weighted by atomic mass is 16.6. The van der Waals surface area contributed by atoms with Crippen LogP contribution in [0.5, 0.6) is 23.0 Å². The Morgan fingerprint density at radius 3 is 0.988 bits per heavy atom. The third-order valence-corrected chi connectivity index (χ3v) is 17.6. The molecule has 0 bridgehead atoms. The lowest BCUT2D eigenvalue weighted by Gasteiger charge is -2.36. The van der Waals surface area contributed by atoms with Crippen LogP contribution in [0.1, 0.15) is 44.5 Å². The molecule has 8 heteroatoms. The first kappa shape index (κ1) is 46.4. The van der Waals surface area contributed by atoms with Crippen LogP contribution in [0.2, 0.25) is 0 Å². The Hall–Kier alpha value is -8.50. The van der Waals surface area contributed by atoms with Crippen molar-refractivity contribution in [1.82, 2.24) is 0 Å². The van der Waals surface area contributed by atoms with Crippen LogP contribution >= 0.6 is 0 Å². The van der Waals surface area contributed by atoms with Crippen molar-refractivity contribution in [2.24, 2.45) is 0 Å². The number of benzene rings is 11. The van der Waals surface area contributed by atoms with E-state index in [1.54, 1.807) is 0 Å². The highest BCUT2D eigenvalue weighted by molar-refractivity contribution is 5.98. The molecule has 2 aliphatic carbocycles. The molecule has 0 amide bonds. The SMILES string of the molecule is c1ccc2c(c1)-c1cc3c(cc1C2(c1ccc2cc(OCC4CO4)ccc2c1)c1ccc2cc(OCC4CO4)ccc2c1)-c1ccccc1C3(c1ccc2cc(OCC3CO3)ccc2c1)c1ccc2cc(OC3COC3)ccc2c1. The van der Waals surface area contributed by atoms with E-state index in [1.165, 1.54) is 66.8 Å². The van der Waals surface area contributed by atoms with Crippen molar-refractivity contribution in [3.8, 4) is 45.3 Å². The highest BCUT2D eigenvalue weighted by Crippen LogP contribution is 2.63. The Morgan fingerprint density at radius 1 is 0.312 bits per heavy atom. The molecule has 4 fully saturated rings. The molecule has 0 spiro atoms. The number of hydrogen-bond acceptors (Lipinski definition) is 8. The van der Waals surface area contributed by atoms with E-state index < -0.39 is 10.8 Å². The molecule has 4 atom stereocenters. The van der Waals surface area contributed by atoms with Crippen molar-refractivity contribution < 1.29 is 37.9 Å². The maximum Gasteiger partial charge on any atom is 0.145 e. The fourth-order valence-corrected chi connectivity index (χ4v) is 13.3. The van der Waals surface area contributed by atoms with Gasteiger partial charge in [-0.2, -0.15) is 0 Å². The second kappa shape index (κ2) is 18.0. The Labute approximate surface area is 462 Å². The van der Waals surface area contributed by atoms with Crippen LogP contribution in [-0.4, -0.2) is 77.3 Å². The van der Waals surface area contributed by atoms with Gasteiger partial charge >= 0.3 is 0 Å². The van der Waals surface area contributed by atoms with Crippen molar-refractivity contribution >= 4 is 43.1 Å². The van der Waals surface area contributed by atoms with Crippen LogP contribution in [-0.2, 0) is 29.8 Å². The molecule has 0 saturated carbocycles. The smallest absolute Gasteiger partial charge is 0.145 e. The third-order valence-electron chi connectivity index (χ3n) is 17.6. The molecule has 11 aromatic rings. The molecule has 6 aliphatic rings. The summed E-state index contributed by atoms with van der Waals surface area (Å²) in [5.41, 5.74) is 13.2. The summed E-state index contributed by atoms with van der Waals surface area (Å²) >= 11 is 0. The predicted molar refractivity (Wildman–Crippen MR) is 312 cm³/mol. The largest absolute Gasteiger partial charge is 0.491 e. The first-order chi connectivity index (χ1) is 39.5. The summed E-state index contributed by atoms with van der Waals surface area (Å²) < 4.78 is 46.8. The van der Waals surface area contributed by atoms with E-state index >= 15 is 0 Å². The molecular weight excluding hydrogens is 993 g/mol. The van der Waals surface area contributed by atoms with E-state index in [9.17, 15) is 0 Å². The lowest BCUT2D eigenvalue weighted by molar-refractivity contribution is -0.0796. The topological polar surface area (TPSA) is 83.7 Å². The Balaban J connectivity index is 0.895. The average Bonchev–Trinajstić information content (AvgIpc) is 4.27. The van der Waals surface area contributed by atoms with Gasteiger partial charge in [-0.05, 0) is 195 Å². The molecule has 17 rings (SSSR count). The van der Waals surface area contributed by atoms with Crippen molar-refractivity contribution in [2.75, 3.05) is 52.9 Å². The summed E-state index contributed by atoms with van der Waals surface area (Å²) in [6.45, 7) is 5.18. The molecule has 0 radical (unpaired) electrons. The van der Waals surface area contributed by atoms with Crippen LogP contribution in [0, 0.1) is 0 Å². The van der Waals surface area contributed by atoms with Gasteiger partial charge in [-0.1, -0.05) is 121 Å². The quantitative estimate of drug-likeness (QED) is 0.0939. The molecule has 390 valence electrons. The molecular formula is C72H54O8. The van der Waals surface area contributed by atoms with Gasteiger partial charge in [0, 0.05) is 0 Å². The zero-order valence-electron chi connectivity index (χ0n) is 43.9. The van der Waals surface area contributed by atoms with Gasteiger partial charge in [0.25, 0.3) is 0 Å². The van der Waals surface area contributed by atoms with Gasteiger partial charge in [-0.15, -0.1) is 0 Å². The first-order valence-electron chi connectivity index (χ1n) is 28.0. The standard InChI is InChI=1S/C72H54O8/c1-3-7-67-63(5-1)65-34-70-66(33-69(65)71(67,51-17-9-47-29-55(21-13-43(47)25-51)74-37-59-40-77-59)52-18-10-48-30-56(22-14-44(48)26-52)75-38-60-41-78-60)64-6-2-4-8-68(64)72(70,53-19-11-49-31-57(23-15-45(49)27-53)76-39-61-42-79-61)54-20-12-50-32-58(24-16-46(50)28-54)80-62-35-73-36-62/h1-34,59-62H,35-42H2. The summed E-state index contributed by atoms with van der Waals surface area (Å²) in [5.74, 6) is 3.41. The molecule has 0 aromatic heterocycles. The minimum absolute atomic E-state index is 0.0824. The Morgan fingerprint density at radius 2 is 0.637 bits per heavy atom. The Kier molecular flexibility index (Phi) is 10.5. The lowest BCUT2D eigenvalue weighted by Crippen LogP contribution is -2.38. The van der Waals surface area contributed by atoms with E-state index in [-0.39, 0.29) is 24.4 Å². The van der Waals surface area contributed by atoms with Crippen molar-refractivity contribution in [2.45, 2.75) is 35.2 Å². The highest BCUT2D eigenvalue weighted by Gasteiger charge is 2.52. The molecule has 11 aromatic carbocycles. The summed E-state index contributed by atoms with van der Waals surface area (Å²) in [4.78, 5) is 0. The van der Waals surface area contributed by atoms with Crippen molar-refractivity contribution in [1.29, 1.82) is 0 Å². The van der Waals surface area contributed by atoms with E-state index in [0.717, 1.165) is 85.9 Å². The molecule has 4 unspecified atom stereocenters. The normalized spacial score (nSPS) is 21.9. The predicted octanol–water partition coefficient (Wildman–Crippen LogP) is 14.1. The number of fused-ring (bicyclic) bond motifs is 10. The zero-order chi connectivity index (χ0) is 52.5. The minimum Gasteiger partial charge on any atom is -0.491 e. The number of ether oxygens (including phenoxy) is 8. The van der Waals surface area contributed by atoms with E-state index in [0.29, 0.717) is 33.0 Å². The van der Waals surface area contributed by atoms with E-state index in [4.69, 9.17) is 37.9 Å². The maximum atomic E-state index is 6.33. The van der Waals surface area contributed by atoms with Gasteiger partial charge in [0.05, 0.1) is 43.9 Å². The molecule has 80 heavy (non-hydrogen) atoms. The third kappa shape index (κ3) is 7.57. The van der Waals surface area contributed by atoms with Crippen LogP contribution < -0.4 is 18.9 Å². The van der Waals surface area contributed by atoms with Gasteiger partial charge in [0.1, 0.15) is 67.2 Å².